The zero-order chi connectivity index (χ0) is 31.8. The van der Waals surface area contributed by atoms with Crippen molar-refractivity contribution in [3.8, 4) is 23.0 Å². The van der Waals surface area contributed by atoms with Gasteiger partial charge >= 0.3 is 11.9 Å². The quantitative estimate of drug-likeness (QED) is 0.122. The lowest BCUT2D eigenvalue weighted by Gasteiger charge is -2.41. The second kappa shape index (κ2) is 14.5. The Labute approximate surface area is 252 Å². The minimum Gasteiger partial charge on any atom is -0.504 e. The van der Waals surface area contributed by atoms with Gasteiger partial charge in [-0.2, -0.15) is 0 Å². The maximum absolute atomic E-state index is 12.9. The number of carbonyl (C=O) groups is 3. The Kier molecular flexibility index (Phi) is 10.6. The predicted molar refractivity (Wildman–Crippen MR) is 154 cm³/mol. The van der Waals surface area contributed by atoms with Gasteiger partial charge in [-0.1, -0.05) is 42.5 Å². The molecule has 5 N–H and O–H groups in total. The van der Waals surface area contributed by atoms with Crippen LogP contribution in [0, 0.1) is 0 Å². The van der Waals surface area contributed by atoms with Gasteiger partial charge in [0.15, 0.2) is 23.4 Å². The second-order valence-corrected chi connectivity index (χ2v) is 10.1. The summed E-state index contributed by atoms with van der Waals surface area (Å²) in [4.78, 5) is 36.5. The third-order valence-electron chi connectivity index (χ3n) is 6.74. The van der Waals surface area contributed by atoms with Crippen molar-refractivity contribution in [3.63, 3.8) is 0 Å². The van der Waals surface area contributed by atoms with Crippen molar-refractivity contribution in [2.24, 2.45) is 0 Å². The number of aryl methyl sites for hydroxylation is 1. The summed E-state index contributed by atoms with van der Waals surface area (Å²) < 4.78 is 22.3. The molecular formula is C32H32O12. The van der Waals surface area contributed by atoms with Crippen LogP contribution in [0.25, 0.3) is 6.08 Å². The topological polar surface area (TPSA) is 189 Å². The van der Waals surface area contributed by atoms with E-state index in [1.54, 1.807) is 48.5 Å². The largest absolute Gasteiger partial charge is 0.504 e. The zero-order valence-electron chi connectivity index (χ0n) is 23.6. The Morgan fingerprint density at radius 3 is 2.20 bits per heavy atom. The molecule has 3 aromatic rings. The number of esters is 2. The smallest absolute Gasteiger partial charge is 0.339 e. The molecule has 0 aromatic heterocycles. The summed E-state index contributed by atoms with van der Waals surface area (Å²) in [7, 11) is 0. The highest BCUT2D eigenvalue weighted by Gasteiger charge is 2.48. The van der Waals surface area contributed by atoms with E-state index in [1.165, 1.54) is 19.1 Å². The Morgan fingerprint density at radius 2 is 1.57 bits per heavy atom. The minimum atomic E-state index is -1.80. The first-order valence-electron chi connectivity index (χ1n) is 13.6. The Hall–Kier alpha value is -4.91. The highest BCUT2D eigenvalue weighted by molar-refractivity contribution is 5.91. The van der Waals surface area contributed by atoms with Crippen molar-refractivity contribution >= 4 is 23.8 Å². The average Bonchev–Trinajstić information content (AvgIpc) is 3.01. The number of rotatable bonds is 11. The molecule has 44 heavy (non-hydrogen) atoms. The van der Waals surface area contributed by atoms with Crippen LogP contribution in [0.5, 0.6) is 23.0 Å². The van der Waals surface area contributed by atoms with Gasteiger partial charge in [-0.25, -0.2) is 9.59 Å². The van der Waals surface area contributed by atoms with E-state index in [4.69, 9.17) is 18.9 Å². The van der Waals surface area contributed by atoms with Gasteiger partial charge in [0, 0.05) is 12.5 Å². The average molecular weight is 609 g/mol. The molecule has 0 aliphatic carbocycles. The third kappa shape index (κ3) is 8.34. The number of aliphatic hydroxyl groups excluding tert-OH is 2. The molecule has 0 radical (unpaired) electrons. The zero-order valence-corrected chi connectivity index (χ0v) is 23.6. The maximum atomic E-state index is 12.9. The molecule has 1 fully saturated rings. The van der Waals surface area contributed by atoms with Gasteiger partial charge in [-0.3, -0.25) is 0 Å². The second-order valence-electron chi connectivity index (χ2n) is 10.1. The van der Waals surface area contributed by atoms with Crippen molar-refractivity contribution in [2.75, 3.05) is 6.61 Å². The lowest BCUT2D eigenvalue weighted by molar-refractivity contribution is -0.277. The van der Waals surface area contributed by atoms with E-state index in [9.17, 15) is 39.9 Å². The molecule has 232 valence electrons. The Balaban J connectivity index is 1.50. The number of ether oxygens (including phenoxy) is 4. The molecule has 5 atom stereocenters. The number of aromatic hydroxyl groups is 3. The highest BCUT2D eigenvalue weighted by Crippen LogP contribution is 2.36. The van der Waals surface area contributed by atoms with Crippen LogP contribution >= 0.6 is 0 Å². The van der Waals surface area contributed by atoms with E-state index in [2.05, 4.69) is 0 Å². The fraction of sp³-hybridized carbons (Fsp3) is 0.281. The first-order chi connectivity index (χ1) is 21.0. The number of Topliss-reactive ketones (excluding diaryl/α,β-unsaturated/α-hetero) is 1. The summed E-state index contributed by atoms with van der Waals surface area (Å²) in [6.07, 6.45) is -4.36. The van der Waals surface area contributed by atoms with Gasteiger partial charge in [-0.05, 0) is 54.8 Å². The van der Waals surface area contributed by atoms with E-state index >= 15 is 0 Å². The molecule has 1 saturated heterocycles. The van der Waals surface area contributed by atoms with E-state index in [1.807, 2.05) is 6.07 Å². The van der Waals surface area contributed by atoms with Crippen LogP contribution in [0.2, 0.25) is 0 Å². The van der Waals surface area contributed by atoms with Crippen LogP contribution in [0.15, 0.2) is 72.8 Å². The summed E-state index contributed by atoms with van der Waals surface area (Å²) in [5, 5.41) is 50.9. The van der Waals surface area contributed by atoms with Gasteiger partial charge in [0.05, 0.1) is 5.56 Å². The number of phenols is 3. The van der Waals surface area contributed by atoms with Crippen LogP contribution in [0.4, 0.5) is 0 Å². The fourth-order valence-electron chi connectivity index (χ4n) is 4.31. The van der Waals surface area contributed by atoms with E-state index in [0.29, 0.717) is 12.8 Å². The van der Waals surface area contributed by atoms with Gasteiger partial charge in [-0.15, -0.1) is 0 Å². The SMILES string of the molecule is CC(=O)CCc1ccc(O[C@@H]2O[C@H](COC(=O)/C=C/c3ccccc3)[C@@H](O)[C@H](O)[C@H]2OC(=O)c2cc(O)c(O)c(O)c2)cc1. The predicted octanol–water partition coefficient (Wildman–Crippen LogP) is 2.63. The number of hydrogen-bond donors (Lipinski definition) is 5. The molecule has 1 aliphatic heterocycles. The van der Waals surface area contributed by atoms with Crippen LogP contribution in [-0.4, -0.2) is 80.6 Å². The van der Waals surface area contributed by atoms with E-state index in [0.717, 1.165) is 23.3 Å². The van der Waals surface area contributed by atoms with Crippen molar-refractivity contribution in [3.05, 3.63) is 89.5 Å². The van der Waals surface area contributed by atoms with Crippen molar-refractivity contribution in [2.45, 2.75) is 50.5 Å². The summed E-state index contributed by atoms with van der Waals surface area (Å²) in [6.45, 7) is 1.01. The van der Waals surface area contributed by atoms with Crippen LogP contribution in [0.3, 0.4) is 0 Å². The third-order valence-corrected chi connectivity index (χ3v) is 6.74. The first-order valence-corrected chi connectivity index (χ1v) is 13.6. The summed E-state index contributed by atoms with van der Waals surface area (Å²) in [6, 6.07) is 17.3. The molecule has 0 unspecified atom stereocenters. The number of hydrogen-bond acceptors (Lipinski definition) is 12. The first kappa shape index (κ1) is 32.0. The lowest BCUT2D eigenvalue weighted by Crippen LogP contribution is -2.61. The molecule has 0 bridgehead atoms. The van der Waals surface area contributed by atoms with Gasteiger partial charge < -0.3 is 49.3 Å². The highest BCUT2D eigenvalue weighted by atomic mass is 16.7. The number of ketones is 1. The van der Waals surface area contributed by atoms with E-state index < -0.39 is 66.5 Å². The maximum Gasteiger partial charge on any atom is 0.339 e. The minimum absolute atomic E-state index is 0.0377. The molecule has 1 aliphatic rings. The van der Waals surface area contributed by atoms with Crippen LogP contribution < -0.4 is 4.74 Å². The molecule has 12 nitrogen and oxygen atoms in total. The number of aliphatic hydroxyl groups is 2. The molecule has 12 heteroatoms. The number of phenolic OH excluding ortho intramolecular Hbond substituents is 3. The Bertz CT molecular complexity index is 1460. The van der Waals surface area contributed by atoms with E-state index in [-0.39, 0.29) is 17.1 Å². The molecule has 1 heterocycles. The van der Waals surface area contributed by atoms with Crippen LogP contribution in [0.1, 0.15) is 34.8 Å². The van der Waals surface area contributed by atoms with Crippen molar-refractivity contribution in [1.82, 2.24) is 0 Å². The van der Waals surface area contributed by atoms with Crippen LogP contribution in [-0.2, 0) is 30.2 Å². The fourth-order valence-corrected chi connectivity index (χ4v) is 4.31. The molecule has 0 amide bonds. The Morgan fingerprint density at radius 1 is 0.909 bits per heavy atom. The van der Waals surface area contributed by atoms with Crippen molar-refractivity contribution < 1.29 is 58.9 Å². The summed E-state index contributed by atoms with van der Waals surface area (Å²) >= 11 is 0. The summed E-state index contributed by atoms with van der Waals surface area (Å²) in [5.41, 5.74) is 1.24. The van der Waals surface area contributed by atoms with Gasteiger partial charge in [0.2, 0.25) is 6.29 Å². The van der Waals surface area contributed by atoms with Crippen molar-refractivity contribution in [1.29, 1.82) is 0 Å². The van der Waals surface area contributed by atoms with Gasteiger partial charge in [0.25, 0.3) is 0 Å². The number of carbonyl (C=O) groups excluding carboxylic acids is 3. The molecular weight excluding hydrogens is 576 g/mol. The number of benzene rings is 3. The standard InChI is InChI=1S/C32H32O12/c1-18(33)7-8-20-9-12-22(13-10-20)42-32-30(44-31(40)21-15-23(34)27(37)24(35)16-21)29(39)28(38)25(43-32)17-41-26(36)14-11-19-5-3-2-4-6-19/h2-6,9-16,25,28-30,32,34-35,37-39H,7-8,17H2,1H3/b14-11+/t25-,28-,29+,30-,32-/m1/s1. The monoisotopic (exact) mass is 608 g/mol. The van der Waals surface area contributed by atoms with Gasteiger partial charge in [0.1, 0.15) is 36.5 Å². The molecule has 0 saturated carbocycles. The molecule has 0 spiro atoms. The lowest BCUT2D eigenvalue weighted by atomic mass is 9.99. The molecule has 3 aromatic carbocycles. The summed E-state index contributed by atoms with van der Waals surface area (Å²) in [5.74, 6) is -4.06. The normalized spacial score (nSPS) is 21.5. The molecule has 4 rings (SSSR count).